The van der Waals surface area contributed by atoms with Crippen molar-refractivity contribution in [2.45, 2.75) is 71.7 Å². The van der Waals surface area contributed by atoms with Crippen LogP contribution in [0.5, 0.6) is 0 Å². The molecule has 2 N–H and O–H groups in total. The summed E-state index contributed by atoms with van der Waals surface area (Å²) >= 11 is 0. The van der Waals surface area contributed by atoms with Crippen molar-refractivity contribution in [1.82, 2.24) is 0 Å². The van der Waals surface area contributed by atoms with Gasteiger partial charge in [-0.25, -0.2) is 0 Å². The quantitative estimate of drug-likeness (QED) is 0.775. The van der Waals surface area contributed by atoms with Crippen LogP contribution >= 0.6 is 0 Å². The maximum absolute atomic E-state index is 10.1. The van der Waals surface area contributed by atoms with Crippen molar-refractivity contribution >= 4 is 0 Å². The van der Waals surface area contributed by atoms with Crippen molar-refractivity contribution < 1.29 is 14.9 Å². The molecule has 3 atom stereocenters. The maximum atomic E-state index is 10.1. The second-order valence-electron chi connectivity index (χ2n) is 7.39. The van der Waals surface area contributed by atoms with Crippen LogP contribution in [0.3, 0.4) is 0 Å². The molecule has 1 aliphatic heterocycles. The third kappa shape index (κ3) is 5.90. The van der Waals surface area contributed by atoms with Crippen molar-refractivity contribution in [2.75, 3.05) is 6.61 Å². The Bertz CT molecular complexity index is 823. The van der Waals surface area contributed by atoms with Crippen LogP contribution in [0.1, 0.15) is 73.1 Å². The predicted octanol–water partition coefficient (Wildman–Crippen LogP) is 4.62. The molecule has 0 amide bonds. The molecule has 2 aromatic carbocycles. The monoisotopic (exact) mass is 395 g/mol. The molecule has 0 aromatic heterocycles. The summed E-state index contributed by atoms with van der Waals surface area (Å²) in [6, 6.07) is 14.8. The van der Waals surface area contributed by atoms with Crippen molar-refractivity contribution in [3.8, 4) is 6.07 Å². The van der Waals surface area contributed by atoms with E-state index in [1.165, 1.54) is 5.56 Å². The van der Waals surface area contributed by atoms with Crippen LogP contribution in [-0.4, -0.2) is 29.0 Å². The molecule has 4 heteroatoms. The van der Waals surface area contributed by atoms with Gasteiger partial charge >= 0.3 is 0 Å². The zero-order valence-corrected chi connectivity index (χ0v) is 18.0. The number of hydrogen-bond donors (Lipinski definition) is 2. The summed E-state index contributed by atoms with van der Waals surface area (Å²) in [4.78, 5) is 0. The highest BCUT2D eigenvalue weighted by Crippen LogP contribution is 2.34. The molecule has 1 saturated heterocycles. The van der Waals surface area contributed by atoms with Gasteiger partial charge in [-0.2, -0.15) is 5.26 Å². The van der Waals surface area contributed by atoms with Gasteiger partial charge in [0.2, 0.25) is 0 Å². The number of aliphatic hydroxyl groups excluding tert-OH is 2. The van der Waals surface area contributed by atoms with E-state index >= 15 is 0 Å². The van der Waals surface area contributed by atoms with E-state index in [1.807, 2.05) is 32.9 Å². The fraction of sp³-hybridized carbons (Fsp3) is 0.480. The average Bonchev–Trinajstić information content (AvgIpc) is 2.75. The molecule has 2 aromatic rings. The van der Waals surface area contributed by atoms with E-state index < -0.39 is 6.10 Å². The predicted molar refractivity (Wildman–Crippen MR) is 116 cm³/mol. The van der Waals surface area contributed by atoms with Crippen LogP contribution in [0.4, 0.5) is 0 Å². The summed E-state index contributed by atoms with van der Waals surface area (Å²) in [5.74, 6) is 0. The fourth-order valence-corrected chi connectivity index (χ4v) is 3.81. The molecule has 4 nitrogen and oxygen atoms in total. The van der Waals surface area contributed by atoms with Crippen molar-refractivity contribution in [3.05, 3.63) is 69.8 Å². The second-order valence-corrected chi connectivity index (χ2v) is 7.39. The molecule has 1 heterocycles. The van der Waals surface area contributed by atoms with E-state index in [4.69, 9.17) is 4.74 Å². The van der Waals surface area contributed by atoms with Gasteiger partial charge in [-0.15, -0.1) is 0 Å². The molecule has 0 aliphatic carbocycles. The van der Waals surface area contributed by atoms with Gasteiger partial charge in [0.05, 0.1) is 36.6 Å². The average molecular weight is 396 g/mol. The molecule has 0 spiro atoms. The van der Waals surface area contributed by atoms with Crippen LogP contribution in [0.2, 0.25) is 0 Å². The van der Waals surface area contributed by atoms with Crippen LogP contribution in [0.25, 0.3) is 0 Å². The summed E-state index contributed by atoms with van der Waals surface area (Å²) in [5.41, 5.74) is 6.01. The molecule has 1 fully saturated rings. The maximum Gasteiger partial charge on any atom is 0.0997 e. The summed E-state index contributed by atoms with van der Waals surface area (Å²) < 4.78 is 5.96. The van der Waals surface area contributed by atoms with E-state index in [1.54, 1.807) is 0 Å². The first-order chi connectivity index (χ1) is 14.0. The summed E-state index contributed by atoms with van der Waals surface area (Å²) in [6.07, 6.45) is 1.55. The number of nitrogens with zero attached hydrogens (tertiary/aromatic N) is 1. The van der Waals surface area contributed by atoms with Gasteiger partial charge in [-0.3, -0.25) is 0 Å². The number of hydrogen-bond acceptors (Lipinski definition) is 4. The minimum atomic E-state index is -0.484. The largest absolute Gasteiger partial charge is 0.394 e. The zero-order valence-electron chi connectivity index (χ0n) is 18.0. The molecule has 3 unspecified atom stereocenters. The van der Waals surface area contributed by atoms with Crippen LogP contribution < -0.4 is 0 Å². The molecule has 0 saturated carbocycles. The Morgan fingerprint density at radius 2 is 1.76 bits per heavy atom. The Labute approximate surface area is 174 Å². The molecular formula is C25H33NO3. The number of aliphatic hydroxyl groups is 2. The lowest BCUT2D eigenvalue weighted by atomic mass is 9.89. The second kappa shape index (κ2) is 11.1. The first kappa shape index (κ1) is 23.1. The van der Waals surface area contributed by atoms with Gasteiger partial charge in [0.25, 0.3) is 0 Å². The Kier molecular flexibility index (Phi) is 8.85. The summed E-state index contributed by atoms with van der Waals surface area (Å²) in [5, 5.41) is 29.2. The van der Waals surface area contributed by atoms with Crippen LogP contribution in [0.15, 0.2) is 36.4 Å². The van der Waals surface area contributed by atoms with Crippen LogP contribution in [0, 0.1) is 18.3 Å². The van der Waals surface area contributed by atoms with Crippen molar-refractivity contribution in [3.63, 3.8) is 0 Å². The lowest BCUT2D eigenvalue weighted by Gasteiger charge is -2.33. The van der Waals surface area contributed by atoms with E-state index in [0.717, 1.165) is 28.7 Å². The number of rotatable bonds is 5. The molecular weight excluding hydrogens is 362 g/mol. The van der Waals surface area contributed by atoms with E-state index in [2.05, 4.69) is 37.3 Å². The number of aryl methyl sites for hydroxylation is 2. The molecule has 1 aliphatic rings. The molecule has 0 radical (unpaired) electrons. The third-order valence-corrected chi connectivity index (χ3v) is 5.33. The lowest BCUT2D eigenvalue weighted by Crippen LogP contribution is -2.33. The SMILES string of the molecule is CC.CCc1ccc(Cc2cc(C3CC(O)CC(CO)O3)cc(C)c2C#N)cc1. The van der Waals surface area contributed by atoms with Crippen molar-refractivity contribution in [1.29, 1.82) is 5.26 Å². The highest BCUT2D eigenvalue weighted by atomic mass is 16.5. The Morgan fingerprint density at radius 3 is 2.34 bits per heavy atom. The number of benzene rings is 2. The normalized spacial score (nSPS) is 21.1. The van der Waals surface area contributed by atoms with Gasteiger partial charge in [0.15, 0.2) is 0 Å². The minimum absolute atomic E-state index is 0.0978. The zero-order chi connectivity index (χ0) is 21.4. The van der Waals surface area contributed by atoms with Gasteiger partial charge < -0.3 is 14.9 Å². The highest BCUT2D eigenvalue weighted by molar-refractivity contribution is 5.49. The standard InChI is InChI=1S/C23H27NO3.C2H6/c1-3-16-4-6-17(7-5-16)9-18-10-19(8-15(2)22(18)13-24)23-12-20(26)11-21(14-25)27-23;1-2/h4-8,10,20-21,23,25-26H,3,9,11-12,14H2,1-2H3;1-2H3. The first-order valence-electron chi connectivity index (χ1n) is 10.6. The van der Waals surface area contributed by atoms with E-state index in [0.29, 0.717) is 24.8 Å². The number of nitriles is 1. The molecule has 3 rings (SSSR count). The topological polar surface area (TPSA) is 73.5 Å². The Morgan fingerprint density at radius 1 is 1.10 bits per heavy atom. The van der Waals surface area contributed by atoms with Crippen LogP contribution in [-0.2, 0) is 17.6 Å². The van der Waals surface area contributed by atoms with E-state index in [-0.39, 0.29) is 18.8 Å². The smallest absolute Gasteiger partial charge is 0.0997 e. The Hall–Kier alpha value is -2.19. The van der Waals surface area contributed by atoms with Gasteiger partial charge in [0.1, 0.15) is 0 Å². The van der Waals surface area contributed by atoms with Crippen molar-refractivity contribution in [2.24, 2.45) is 0 Å². The van der Waals surface area contributed by atoms with Gasteiger partial charge in [-0.1, -0.05) is 57.2 Å². The molecule has 156 valence electrons. The van der Waals surface area contributed by atoms with E-state index in [9.17, 15) is 15.5 Å². The highest BCUT2D eigenvalue weighted by Gasteiger charge is 2.29. The minimum Gasteiger partial charge on any atom is -0.394 e. The summed E-state index contributed by atoms with van der Waals surface area (Å²) in [6.45, 7) is 7.97. The fourth-order valence-electron chi connectivity index (χ4n) is 3.81. The third-order valence-electron chi connectivity index (χ3n) is 5.33. The van der Waals surface area contributed by atoms with Gasteiger partial charge in [-0.05, 0) is 47.6 Å². The first-order valence-corrected chi connectivity index (χ1v) is 10.6. The number of ether oxygens (including phenoxy) is 1. The van der Waals surface area contributed by atoms with Gasteiger partial charge in [0, 0.05) is 12.8 Å². The molecule has 29 heavy (non-hydrogen) atoms. The summed E-state index contributed by atoms with van der Waals surface area (Å²) in [7, 11) is 0. The Balaban J connectivity index is 0.00000145. The molecule has 0 bridgehead atoms. The lowest BCUT2D eigenvalue weighted by molar-refractivity contribution is -0.113.